The van der Waals surface area contributed by atoms with Gasteiger partial charge < -0.3 is 15.8 Å². The molecule has 3 N–H and O–H groups in total. The lowest BCUT2D eigenvalue weighted by atomic mass is 10.1. The van der Waals surface area contributed by atoms with Gasteiger partial charge in [0.25, 0.3) is 0 Å². The maximum atomic E-state index is 8.50. The van der Waals surface area contributed by atoms with E-state index < -0.39 is 0 Å². The average molecular weight is 261 g/mol. The summed E-state index contributed by atoms with van der Waals surface area (Å²) < 4.78 is 0. The van der Waals surface area contributed by atoms with Crippen LogP contribution in [0.2, 0.25) is 0 Å². The first kappa shape index (κ1) is 13.7. The van der Waals surface area contributed by atoms with Crippen LogP contribution in [-0.2, 0) is 6.42 Å². The van der Waals surface area contributed by atoms with Crippen LogP contribution < -0.4 is 10.6 Å². The van der Waals surface area contributed by atoms with E-state index in [-0.39, 0.29) is 0 Å². The summed E-state index contributed by atoms with van der Waals surface area (Å²) in [5, 5.41) is 11.5. The predicted molar refractivity (Wildman–Crippen MR) is 78.9 cm³/mol. The molecule has 2 rings (SSSR count). The summed E-state index contributed by atoms with van der Waals surface area (Å²) in [5.74, 6) is 0.330. The average Bonchev–Trinajstić information content (AvgIpc) is 2.66. The van der Waals surface area contributed by atoms with Crippen LogP contribution in [-0.4, -0.2) is 24.1 Å². The third kappa shape index (κ3) is 3.88. The number of benzene rings is 1. The molecule has 1 aromatic carbocycles. The number of unbranched alkanes of at least 4 members (excludes halogenated alkanes) is 1. The molecule has 104 valence electrons. The van der Waals surface area contributed by atoms with Gasteiger partial charge in [0.2, 0.25) is 0 Å². The fraction of sp³-hybridized carbons (Fsp3) is 0.533. The summed E-state index contributed by atoms with van der Waals surface area (Å²) in [4.78, 5) is 2.48. The molecule has 0 saturated heterocycles. The molecule has 1 aliphatic rings. The van der Waals surface area contributed by atoms with E-state index in [1.54, 1.807) is 0 Å². The normalized spacial score (nSPS) is 16.0. The summed E-state index contributed by atoms with van der Waals surface area (Å²) in [5.41, 5.74) is 8.34. The molecule has 0 aliphatic carbocycles. The van der Waals surface area contributed by atoms with Crippen molar-refractivity contribution in [3.8, 4) is 0 Å². The third-order valence-electron chi connectivity index (χ3n) is 3.70. The van der Waals surface area contributed by atoms with Gasteiger partial charge in [0, 0.05) is 25.2 Å². The van der Waals surface area contributed by atoms with Crippen molar-refractivity contribution in [2.45, 2.75) is 38.5 Å². The molecule has 4 heteroatoms. The Bertz CT molecular complexity index is 431. The highest BCUT2D eigenvalue weighted by Crippen LogP contribution is 2.26. The lowest BCUT2D eigenvalue weighted by molar-refractivity contribution is 0.316. The summed E-state index contributed by atoms with van der Waals surface area (Å²) in [6.07, 6.45) is 6.44. The number of nitrogens with zero attached hydrogens (tertiary/aromatic N) is 2. The molecule has 0 amide bonds. The molecule has 0 unspecified atom stereocenters. The predicted octanol–water partition coefficient (Wildman–Crippen LogP) is 2.75. The number of fused-ring (bicyclic) bond motifs is 1. The summed E-state index contributed by atoms with van der Waals surface area (Å²) >= 11 is 0. The minimum atomic E-state index is 0.330. The molecule has 1 heterocycles. The molecule has 0 aromatic heterocycles. The van der Waals surface area contributed by atoms with Crippen LogP contribution in [0.15, 0.2) is 29.4 Å². The number of para-hydroxylation sites is 1. The van der Waals surface area contributed by atoms with Crippen LogP contribution in [0.4, 0.5) is 5.69 Å². The molecule has 4 nitrogen and oxygen atoms in total. The highest BCUT2D eigenvalue weighted by Gasteiger charge is 2.13. The molecule has 0 radical (unpaired) electrons. The van der Waals surface area contributed by atoms with E-state index in [2.05, 4.69) is 34.3 Å². The quantitative estimate of drug-likeness (QED) is 0.282. The van der Waals surface area contributed by atoms with Crippen molar-refractivity contribution in [3.05, 3.63) is 29.8 Å². The summed E-state index contributed by atoms with van der Waals surface area (Å²) in [6.45, 7) is 2.19. The van der Waals surface area contributed by atoms with E-state index in [4.69, 9.17) is 10.9 Å². The zero-order valence-electron chi connectivity index (χ0n) is 11.4. The monoisotopic (exact) mass is 261 g/mol. The Morgan fingerprint density at radius 2 is 2.11 bits per heavy atom. The maximum absolute atomic E-state index is 8.50. The largest absolute Gasteiger partial charge is 0.409 e. The molecule has 1 aliphatic heterocycles. The first-order valence-electron chi connectivity index (χ1n) is 7.10. The lowest BCUT2D eigenvalue weighted by Gasteiger charge is -2.24. The van der Waals surface area contributed by atoms with Crippen molar-refractivity contribution >= 4 is 11.5 Å². The Hall–Kier alpha value is -1.71. The smallest absolute Gasteiger partial charge is 0.139 e. The van der Waals surface area contributed by atoms with E-state index in [1.807, 2.05) is 0 Å². The summed E-state index contributed by atoms with van der Waals surface area (Å²) in [7, 11) is 0. The SMILES string of the molecule is NC(CCCCN1CCCCc2ccccc21)=NO. The van der Waals surface area contributed by atoms with Crippen molar-refractivity contribution in [3.63, 3.8) is 0 Å². The number of nitrogens with two attached hydrogens (primary N) is 1. The number of amidine groups is 1. The Morgan fingerprint density at radius 3 is 2.95 bits per heavy atom. The first-order chi connectivity index (χ1) is 9.31. The van der Waals surface area contributed by atoms with Gasteiger partial charge in [0.15, 0.2) is 0 Å². The fourth-order valence-corrected chi connectivity index (χ4v) is 2.66. The van der Waals surface area contributed by atoms with Crippen LogP contribution in [0, 0.1) is 0 Å². The number of aryl methyl sites for hydroxylation is 1. The van der Waals surface area contributed by atoms with Gasteiger partial charge >= 0.3 is 0 Å². The van der Waals surface area contributed by atoms with Crippen molar-refractivity contribution < 1.29 is 5.21 Å². The molecule has 0 fully saturated rings. The Morgan fingerprint density at radius 1 is 1.26 bits per heavy atom. The molecule has 0 saturated carbocycles. The Kier molecular flexibility index (Phi) is 5.07. The van der Waals surface area contributed by atoms with Gasteiger partial charge in [-0.2, -0.15) is 0 Å². The van der Waals surface area contributed by atoms with Gasteiger partial charge in [-0.3, -0.25) is 0 Å². The summed E-state index contributed by atoms with van der Waals surface area (Å²) in [6, 6.07) is 8.71. The van der Waals surface area contributed by atoms with Gasteiger partial charge in [0.1, 0.15) is 5.84 Å². The van der Waals surface area contributed by atoms with E-state index in [9.17, 15) is 0 Å². The van der Waals surface area contributed by atoms with Gasteiger partial charge in [-0.25, -0.2) is 0 Å². The van der Waals surface area contributed by atoms with E-state index in [1.165, 1.54) is 30.5 Å². The van der Waals surface area contributed by atoms with Gasteiger partial charge in [-0.15, -0.1) is 0 Å². The minimum absolute atomic E-state index is 0.330. The lowest BCUT2D eigenvalue weighted by Crippen LogP contribution is -2.25. The molecule has 0 spiro atoms. The number of oxime groups is 1. The van der Waals surface area contributed by atoms with E-state index in [0.29, 0.717) is 12.3 Å². The van der Waals surface area contributed by atoms with Crippen LogP contribution in [0.1, 0.15) is 37.7 Å². The van der Waals surface area contributed by atoms with Gasteiger partial charge in [-0.1, -0.05) is 23.4 Å². The molecule has 0 bridgehead atoms. The highest BCUT2D eigenvalue weighted by molar-refractivity contribution is 5.79. The van der Waals surface area contributed by atoms with Crippen molar-refractivity contribution in [1.29, 1.82) is 0 Å². The number of hydrogen-bond donors (Lipinski definition) is 2. The topological polar surface area (TPSA) is 61.8 Å². The zero-order valence-corrected chi connectivity index (χ0v) is 11.4. The highest BCUT2D eigenvalue weighted by atomic mass is 16.4. The number of hydrogen-bond acceptors (Lipinski definition) is 3. The molecule has 0 atom stereocenters. The molecule has 19 heavy (non-hydrogen) atoms. The van der Waals surface area contributed by atoms with E-state index >= 15 is 0 Å². The van der Waals surface area contributed by atoms with Crippen molar-refractivity contribution in [2.75, 3.05) is 18.0 Å². The van der Waals surface area contributed by atoms with Crippen LogP contribution >= 0.6 is 0 Å². The van der Waals surface area contributed by atoms with Gasteiger partial charge in [0.05, 0.1) is 0 Å². The number of rotatable bonds is 5. The first-order valence-corrected chi connectivity index (χ1v) is 7.10. The third-order valence-corrected chi connectivity index (χ3v) is 3.70. The molecule has 1 aromatic rings. The van der Waals surface area contributed by atoms with Crippen molar-refractivity contribution in [1.82, 2.24) is 0 Å². The van der Waals surface area contributed by atoms with Crippen LogP contribution in [0.5, 0.6) is 0 Å². The second kappa shape index (κ2) is 7.02. The van der Waals surface area contributed by atoms with Gasteiger partial charge in [-0.05, 0) is 43.7 Å². The second-order valence-electron chi connectivity index (χ2n) is 5.12. The second-order valence-corrected chi connectivity index (χ2v) is 5.12. The maximum Gasteiger partial charge on any atom is 0.139 e. The Labute approximate surface area is 114 Å². The van der Waals surface area contributed by atoms with Crippen LogP contribution in [0.3, 0.4) is 0 Å². The minimum Gasteiger partial charge on any atom is -0.409 e. The zero-order chi connectivity index (χ0) is 13.5. The molecular weight excluding hydrogens is 238 g/mol. The number of anilines is 1. The van der Waals surface area contributed by atoms with Crippen LogP contribution in [0.25, 0.3) is 0 Å². The van der Waals surface area contributed by atoms with Crippen molar-refractivity contribution in [2.24, 2.45) is 10.9 Å². The molecular formula is C15H23N3O. The fourth-order valence-electron chi connectivity index (χ4n) is 2.66. The van der Waals surface area contributed by atoms with E-state index in [0.717, 1.165) is 25.9 Å². The Balaban J connectivity index is 1.89. The standard InChI is InChI=1S/C15H23N3O/c16-15(17-19)10-4-6-12-18-11-5-3-8-13-7-1-2-9-14(13)18/h1-2,7,9,19H,3-6,8,10-12H2,(H2,16,17).